The van der Waals surface area contributed by atoms with Gasteiger partial charge in [-0.1, -0.05) is 25.6 Å². The van der Waals surface area contributed by atoms with E-state index >= 15 is 0 Å². The van der Waals surface area contributed by atoms with Crippen LogP contribution in [0, 0.1) is 0 Å². The lowest BCUT2D eigenvalue weighted by molar-refractivity contribution is 0.779. The zero-order valence-corrected chi connectivity index (χ0v) is 13.4. The molecule has 1 aromatic rings. The monoisotopic (exact) mass is 283 g/mol. The number of anilines is 2. The molecule has 0 amide bonds. The molecule has 0 aliphatic heterocycles. The van der Waals surface area contributed by atoms with Crippen LogP contribution in [0.5, 0.6) is 0 Å². The van der Waals surface area contributed by atoms with E-state index in [4.69, 9.17) is 0 Å². The van der Waals surface area contributed by atoms with Crippen molar-refractivity contribution in [2.45, 2.75) is 51.4 Å². The first-order valence-corrected chi connectivity index (χ1v) is 7.93. The third kappa shape index (κ3) is 4.86. The molecule has 0 fully saturated rings. The molecule has 1 rings (SSSR count). The van der Waals surface area contributed by atoms with E-state index in [-0.39, 0.29) is 0 Å². The average molecular weight is 283 g/mol. The fourth-order valence-electron chi connectivity index (χ4n) is 1.55. The van der Waals surface area contributed by atoms with E-state index in [2.05, 4.69) is 52.9 Å². The molecule has 0 radical (unpaired) electrons. The van der Waals surface area contributed by atoms with Gasteiger partial charge in [-0.05, 0) is 27.2 Å². The molecule has 1 unspecified atom stereocenters. The van der Waals surface area contributed by atoms with Crippen molar-refractivity contribution >= 4 is 23.7 Å². The standard InChI is InChI=1S/C13H25N5S/c1-6-10(5)19-13-16-11(14-7-2)15-12(17-13)18(8-3)9-4/h10H,6-9H2,1-5H3,(H,14,15,16,17). The van der Waals surface area contributed by atoms with Gasteiger partial charge in [0.05, 0.1) is 0 Å². The average Bonchev–Trinajstić information content (AvgIpc) is 2.40. The summed E-state index contributed by atoms with van der Waals surface area (Å²) in [6, 6.07) is 0. The van der Waals surface area contributed by atoms with Crippen LogP contribution in [0.15, 0.2) is 5.16 Å². The Morgan fingerprint density at radius 2 is 1.79 bits per heavy atom. The van der Waals surface area contributed by atoms with Crippen LogP contribution < -0.4 is 10.2 Å². The van der Waals surface area contributed by atoms with Crippen molar-refractivity contribution in [1.29, 1.82) is 0 Å². The molecule has 19 heavy (non-hydrogen) atoms. The first kappa shape index (κ1) is 16.0. The molecule has 108 valence electrons. The Balaban J connectivity index is 3.02. The summed E-state index contributed by atoms with van der Waals surface area (Å²) < 4.78 is 0. The highest BCUT2D eigenvalue weighted by atomic mass is 32.2. The third-order valence-electron chi connectivity index (χ3n) is 2.87. The van der Waals surface area contributed by atoms with Crippen molar-refractivity contribution in [2.75, 3.05) is 29.9 Å². The van der Waals surface area contributed by atoms with Crippen molar-refractivity contribution in [1.82, 2.24) is 15.0 Å². The second-order valence-electron chi connectivity index (χ2n) is 4.28. The van der Waals surface area contributed by atoms with Crippen LogP contribution in [-0.2, 0) is 0 Å². The molecule has 0 bridgehead atoms. The molecule has 6 heteroatoms. The van der Waals surface area contributed by atoms with Crippen LogP contribution in [0.4, 0.5) is 11.9 Å². The predicted octanol–water partition coefficient (Wildman–Crippen LogP) is 3.04. The first-order valence-electron chi connectivity index (χ1n) is 7.06. The third-order valence-corrected chi connectivity index (χ3v) is 3.99. The largest absolute Gasteiger partial charge is 0.354 e. The summed E-state index contributed by atoms with van der Waals surface area (Å²) in [7, 11) is 0. The van der Waals surface area contributed by atoms with Gasteiger partial charge in [-0.15, -0.1) is 0 Å². The van der Waals surface area contributed by atoms with Gasteiger partial charge >= 0.3 is 0 Å². The van der Waals surface area contributed by atoms with E-state index in [1.165, 1.54) is 0 Å². The Bertz CT molecular complexity index is 381. The quantitative estimate of drug-likeness (QED) is 0.740. The number of nitrogens with zero attached hydrogens (tertiary/aromatic N) is 4. The van der Waals surface area contributed by atoms with E-state index in [1.54, 1.807) is 11.8 Å². The lowest BCUT2D eigenvalue weighted by Gasteiger charge is -2.19. The van der Waals surface area contributed by atoms with Crippen LogP contribution in [0.3, 0.4) is 0 Å². The zero-order chi connectivity index (χ0) is 14.3. The van der Waals surface area contributed by atoms with Crippen molar-refractivity contribution in [3.05, 3.63) is 0 Å². The predicted molar refractivity (Wildman–Crippen MR) is 83.2 cm³/mol. The molecule has 0 spiro atoms. The molecule has 0 saturated carbocycles. The van der Waals surface area contributed by atoms with Gasteiger partial charge in [0.1, 0.15) is 0 Å². The van der Waals surface area contributed by atoms with E-state index in [1.807, 2.05) is 6.92 Å². The highest BCUT2D eigenvalue weighted by Gasteiger charge is 2.12. The molecule has 1 heterocycles. The van der Waals surface area contributed by atoms with E-state index in [0.717, 1.165) is 37.2 Å². The molecule has 0 aliphatic rings. The number of rotatable bonds is 8. The van der Waals surface area contributed by atoms with Gasteiger partial charge < -0.3 is 10.2 Å². The normalized spacial score (nSPS) is 12.3. The van der Waals surface area contributed by atoms with Gasteiger partial charge in [0, 0.05) is 24.9 Å². The van der Waals surface area contributed by atoms with Gasteiger partial charge in [0.2, 0.25) is 11.9 Å². The fraction of sp³-hybridized carbons (Fsp3) is 0.769. The topological polar surface area (TPSA) is 53.9 Å². The maximum absolute atomic E-state index is 4.57. The Labute approximate surface area is 120 Å². The van der Waals surface area contributed by atoms with Crippen molar-refractivity contribution < 1.29 is 0 Å². The number of thioether (sulfide) groups is 1. The van der Waals surface area contributed by atoms with E-state index < -0.39 is 0 Å². The number of nitrogens with one attached hydrogen (secondary N) is 1. The highest BCUT2D eigenvalue weighted by Crippen LogP contribution is 2.24. The molecule has 1 aromatic heterocycles. The molecule has 0 aliphatic carbocycles. The molecular weight excluding hydrogens is 258 g/mol. The Hall–Kier alpha value is -1.04. The summed E-state index contributed by atoms with van der Waals surface area (Å²) in [6.45, 7) is 13.3. The number of hydrogen-bond donors (Lipinski definition) is 1. The smallest absolute Gasteiger partial charge is 0.231 e. The van der Waals surface area contributed by atoms with Gasteiger partial charge in [-0.25, -0.2) is 0 Å². The Morgan fingerprint density at radius 3 is 2.32 bits per heavy atom. The maximum atomic E-state index is 4.57. The van der Waals surface area contributed by atoms with E-state index in [9.17, 15) is 0 Å². The van der Waals surface area contributed by atoms with Crippen LogP contribution in [0.2, 0.25) is 0 Å². The molecule has 0 saturated heterocycles. The van der Waals surface area contributed by atoms with Crippen molar-refractivity contribution in [3.63, 3.8) is 0 Å². The highest BCUT2D eigenvalue weighted by molar-refractivity contribution is 7.99. The van der Waals surface area contributed by atoms with Crippen LogP contribution in [0.1, 0.15) is 41.0 Å². The Morgan fingerprint density at radius 1 is 1.11 bits per heavy atom. The minimum Gasteiger partial charge on any atom is -0.354 e. The van der Waals surface area contributed by atoms with Gasteiger partial charge in [-0.2, -0.15) is 15.0 Å². The fourth-order valence-corrected chi connectivity index (χ4v) is 2.35. The van der Waals surface area contributed by atoms with Gasteiger partial charge in [0.25, 0.3) is 0 Å². The van der Waals surface area contributed by atoms with Crippen molar-refractivity contribution in [3.8, 4) is 0 Å². The first-order chi connectivity index (χ1) is 9.14. The molecule has 1 N–H and O–H groups in total. The summed E-state index contributed by atoms with van der Waals surface area (Å²) >= 11 is 1.71. The van der Waals surface area contributed by atoms with Crippen molar-refractivity contribution in [2.24, 2.45) is 0 Å². The molecule has 5 nitrogen and oxygen atoms in total. The lowest BCUT2D eigenvalue weighted by atomic mass is 10.4. The zero-order valence-electron chi connectivity index (χ0n) is 12.6. The summed E-state index contributed by atoms with van der Waals surface area (Å²) in [5, 5.41) is 4.50. The Kier molecular flexibility index (Phi) is 6.91. The summed E-state index contributed by atoms with van der Waals surface area (Å²) in [5.41, 5.74) is 0. The van der Waals surface area contributed by atoms with E-state index in [0.29, 0.717) is 11.2 Å². The summed E-state index contributed by atoms with van der Waals surface area (Å²) in [4.78, 5) is 15.7. The number of aromatic nitrogens is 3. The van der Waals surface area contributed by atoms with Crippen LogP contribution >= 0.6 is 11.8 Å². The van der Waals surface area contributed by atoms with Crippen LogP contribution in [-0.4, -0.2) is 39.8 Å². The van der Waals surface area contributed by atoms with Gasteiger partial charge in [0.15, 0.2) is 5.16 Å². The number of hydrogen-bond acceptors (Lipinski definition) is 6. The summed E-state index contributed by atoms with van der Waals surface area (Å²) in [5.74, 6) is 1.44. The second kappa shape index (κ2) is 8.19. The SMILES string of the molecule is CCNc1nc(SC(C)CC)nc(N(CC)CC)n1. The van der Waals surface area contributed by atoms with Gasteiger partial charge in [-0.3, -0.25) is 0 Å². The molecular formula is C13H25N5S. The minimum absolute atomic E-state index is 0.515. The molecule has 0 aromatic carbocycles. The lowest BCUT2D eigenvalue weighted by Crippen LogP contribution is -2.25. The molecule has 1 atom stereocenters. The second-order valence-corrected chi connectivity index (χ2v) is 5.69. The summed E-state index contributed by atoms with van der Waals surface area (Å²) in [6.07, 6.45) is 1.10. The van der Waals surface area contributed by atoms with Crippen LogP contribution in [0.25, 0.3) is 0 Å². The minimum atomic E-state index is 0.515. The maximum Gasteiger partial charge on any atom is 0.231 e.